The van der Waals surface area contributed by atoms with Gasteiger partial charge in [-0.2, -0.15) is 0 Å². The molecule has 0 bridgehead atoms. The molecule has 4 heteroatoms. The fourth-order valence-electron chi connectivity index (χ4n) is 3.21. The van der Waals surface area contributed by atoms with Gasteiger partial charge >= 0.3 is 0 Å². The lowest BCUT2D eigenvalue weighted by molar-refractivity contribution is 0.633. The smallest absolute Gasteiger partial charge is 0.145 e. The van der Waals surface area contributed by atoms with Gasteiger partial charge in [0.2, 0.25) is 0 Å². The van der Waals surface area contributed by atoms with Crippen LogP contribution in [-0.4, -0.2) is 10.8 Å². The van der Waals surface area contributed by atoms with Gasteiger partial charge in [-0.05, 0) is 55.9 Å². The monoisotopic (exact) mass is 292 g/mol. The van der Waals surface area contributed by atoms with Gasteiger partial charge in [-0.1, -0.05) is 18.2 Å². The van der Waals surface area contributed by atoms with Crippen molar-refractivity contribution < 1.29 is 0 Å². The Labute approximate surface area is 130 Å². The summed E-state index contributed by atoms with van der Waals surface area (Å²) in [5.41, 5.74) is 10.3. The first kappa shape index (κ1) is 13.3. The fraction of sp³-hybridized carbons (Fsp3) is 0.333. The fourth-order valence-corrected chi connectivity index (χ4v) is 3.21. The average molecular weight is 292 g/mol. The second-order valence-corrected chi connectivity index (χ2v) is 5.96. The number of fused-ring (bicyclic) bond motifs is 1. The van der Waals surface area contributed by atoms with Crippen LogP contribution in [0.4, 0.5) is 5.82 Å². The number of hydrogen-bond acceptors (Lipinski definition) is 4. The first-order valence-electron chi connectivity index (χ1n) is 8.05. The summed E-state index contributed by atoms with van der Waals surface area (Å²) in [6.45, 7) is 0. The van der Waals surface area contributed by atoms with E-state index in [1.54, 1.807) is 5.57 Å². The molecule has 1 aromatic carbocycles. The third-order valence-corrected chi connectivity index (χ3v) is 4.42. The van der Waals surface area contributed by atoms with Gasteiger partial charge in [0.25, 0.3) is 0 Å². The number of para-hydroxylation sites is 1. The zero-order chi connectivity index (χ0) is 14.8. The van der Waals surface area contributed by atoms with Gasteiger partial charge in [0.05, 0.1) is 5.52 Å². The first-order valence-corrected chi connectivity index (χ1v) is 8.05. The molecule has 0 amide bonds. The molecule has 0 saturated carbocycles. The highest BCUT2D eigenvalue weighted by Crippen LogP contribution is 2.31. The number of aliphatic imine (C=N–C) groups is 1. The van der Waals surface area contributed by atoms with E-state index in [4.69, 9.17) is 4.99 Å². The Kier molecular flexibility index (Phi) is 3.51. The van der Waals surface area contributed by atoms with E-state index in [2.05, 4.69) is 28.0 Å². The number of hydrogen-bond donors (Lipinski definition) is 2. The third kappa shape index (κ3) is 2.69. The summed E-state index contributed by atoms with van der Waals surface area (Å²) in [7, 11) is 0. The number of rotatable bonds is 2. The number of nitrogens with zero attached hydrogens (tertiary/aromatic N) is 2. The Morgan fingerprint density at radius 3 is 2.73 bits per heavy atom. The van der Waals surface area contributed by atoms with Crippen molar-refractivity contribution >= 4 is 22.6 Å². The molecular weight excluding hydrogens is 272 g/mol. The van der Waals surface area contributed by atoms with Crippen LogP contribution in [0.2, 0.25) is 0 Å². The van der Waals surface area contributed by atoms with Crippen molar-refractivity contribution in [3.05, 3.63) is 47.7 Å². The molecule has 0 spiro atoms. The van der Waals surface area contributed by atoms with Crippen LogP contribution >= 0.6 is 0 Å². The molecule has 1 aliphatic heterocycles. The molecule has 2 aliphatic rings. The SMILES string of the molecule is c1ccc2nc(NNC3=NC4=C(CCCC4)CC3)ccc2c1. The molecule has 1 aromatic heterocycles. The van der Waals surface area contributed by atoms with Gasteiger partial charge < -0.3 is 0 Å². The third-order valence-electron chi connectivity index (χ3n) is 4.42. The lowest BCUT2D eigenvalue weighted by Crippen LogP contribution is -2.31. The summed E-state index contributed by atoms with van der Waals surface area (Å²) < 4.78 is 0. The molecule has 22 heavy (non-hydrogen) atoms. The molecule has 0 radical (unpaired) electrons. The van der Waals surface area contributed by atoms with Gasteiger partial charge in [-0.25, -0.2) is 9.98 Å². The predicted octanol–water partition coefficient (Wildman–Crippen LogP) is 4.17. The summed E-state index contributed by atoms with van der Waals surface area (Å²) >= 11 is 0. The molecule has 4 nitrogen and oxygen atoms in total. The van der Waals surface area contributed by atoms with Crippen LogP contribution in [0.5, 0.6) is 0 Å². The van der Waals surface area contributed by atoms with Crippen LogP contribution < -0.4 is 10.9 Å². The molecule has 2 N–H and O–H groups in total. The van der Waals surface area contributed by atoms with Crippen LogP contribution in [0.25, 0.3) is 10.9 Å². The average Bonchev–Trinajstić information content (AvgIpc) is 2.59. The lowest BCUT2D eigenvalue weighted by atomic mass is 9.91. The van der Waals surface area contributed by atoms with E-state index in [1.807, 2.05) is 24.3 Å². The van der Waals surface area contributed by atoms with Crippen LogP contribution in [0, 0.1) is 0 Å². The summed E-state index contributed by atoms with van der Waals surface area (Å²) in [6.07, 6.45) is 7.11. The Balaban J connectivity index is 1.47. The number of amidine groups is 1. The lowest BCUT2D eigenvalue weighted by Gasteiger charge is -2.23. The van der Waals surface area contributed by atoms with E-state index in [1.165, 1.54) is 25.0 Å². The Bertz CT molecular complexity index is 761. The van der Waals surface area contributed by atoms with Gasteiger partial charge in [0.1, 0.15) is 11.7 Å². The zero-order valence-corrected chi connectivity index (χ0v) is 12.6. The molecule has 2 heterocycles. The minimum absolute atomic E-state index is 0.824. The number of benzene rings is 1. The molecular formula is C18H20N4. The molecule has 0 saturated heterocycles. The van der Waals surface area contributed by atoms with Crippen LogP contribution in [-0.2, 0) is 0 Å². The van der Waals surface area contributed by atoms with E-state index in [9.17, 15) is 0 Å². The van der Waals surface area contributed by atoms with Crippen molar-refractivity contribution in [1.82, 2.24) is 10.4 Å². The normalized spacial score (nSPS) is 17.9. The highest BCUT2D eigenvalue weighted by Gasteiger charge is 2.17. The maximum absolute atomic E-state index is 4.78. The summed E-state index contributed by atoms with van der Waals surface area (Å²) in [4.78, 5) is 9.38. The van der Waals surface area contributed by atoms with E-state index < -0.39 is 0 Å². The molecule has 112 valence electrons. The zero-order valence-electron chi connectivity index (χ0n) is 12.6. The summed E-state index contributed by atoms with van der Waals surface area (Å²) in [5.74, 6) is 1.85. The number of nitrogens with one attached hydrogen (secondary N) is 2. The maximum Gasteiger partial charge on any atom is 0.145 e. The number of allylic oxidation sites excluding steroid dienone is 2. The molecule has 0 unspecified atom stereocenters. The highest BCUT2D eigenvalue weighted by atomic mass is 15.4. The van der Waals surface area contributed by atoms with Crippen molar-refractivity contribution in [2.75, 3.05) is 5.43 Å². The van der Waals surface area contributed by atoms with Crippen molar-refractivity contribution in [1.29, 1.82) is 0 Å². The minimum Gasteiger partial charge on any atom is -0.286 e. The van der Waals surface area contributed by atoms with Gasteiger partial charge in [-0.3, -0.25) is 10.9 Å². The molecule has 4 rings (SSSR count). The van der Waals surface area contributed by atoms with Gasteiger partial charge in [0.15, 0.2) is 0 Å². The maximum atomic E-state index is 4.78. The predicted molar refractivity (Wildman–Crippen MR) is 90.7 cm³/mol. The second kappa shape index (κ2) is 5.79. The van der Waals surface area contributed by atoms with E-state index in [0.717, 1.165) is 41.8 Å². The van der Waals surface area contributed by atoms with E-state index >= 15 is 0 Å². The number of aromatic nitrogens is 1. The number of pyridine rings is 1. The molecule has 2 aromatic rings. The first-order chi connectivity index (χ1) is 10.9. The Morgan fingerprint density at radius 1 is 0.818 bits per heavy atom. The van der Waals surface area contributed by atoms with Crippen molar-refractivity contribution in [3.63, 3.8) is 0 Å². The summed E-state index contributed by atoms with van der Waals surface area (Å²) in [6, 6.07) is 12.2. The van der Waals surface area contributed by atoms with E-state index in [-0.39, 0.29) is 0 Å². The topological polar surface area (TPSA) is 49.3 Å². The summed E-state index contributed by atoms with van der Waals surface area (Å²) in [5, 5.41) is 1.15. The van der Waals surface area contributed by atoms with Crippen LogP contribution in [0.15, 0.2) is 52.7 Å². The highest BCUT2D eigenvalue weighted by molar-refractivity contribution is 5.86. The molecule has 0 atom stereocenters. The van der Waals surface area contributed by atoms with Gasteiger partial charge in [-0.15, -0.1) is 0 Å². The molecule has 0 fully saturated rings. The second-order valence-electron chi connectivity index (χ2n) is 5.96. The largest absolute Gasteiger partial charge is 0.286 e. The van der Waals surface area contributed by atoms with E-state index in [0.29, 0.717) is 0 Å². The Morgan fingerprint density at radius 2 is 1.73 bits per heavy atom. The van der Waals surface area contributed by atoms with Crippen molar-refractivity contribution in [2.24, 2.45) is 4.99 Å². The van der Waals surface area contributed by atoms with Gasteiger partial charge in [0, 0.05) is 17.5 Å². The molecule has 1 aliphatic carbocycles. The van der Waals surface area contributed by atoms with Crippen molar-refractivity contribution in [2.45, 2.75) is 38.5 Å². The number of hydrazine groups is 1. The minimum atomic E-state index is 0.824. The quantitative estimate of drug-likeness (QED) is 0.817. The van der Waals surface area contributed by atoms with Crippen LogP contribution in [0.1, 0.15) is 38.5 Å². The van der Waals surface area contributed by atoms with Crippen LogP contribution in [0.3, 0.4) is 0 Å². The number of anilines is 1. The Hall–Kier alpha value is -2.36. The van der Waals surface area contributed by atoms with Crippen molar-refractivity contribution in [3.8, 4) is 0 Å². The standard InChI is InChI=1S/C18H20N4/c1-3-7-15-13(5-1)9-11-17(19-15)21-22-18-12-10-14-6-2-4-8-16(14)20-18/h1,3,5,7,9,11H,2,4,6,8,10,12H2,(H,19,21)(H,20,22).